The Labute approximate surface area is 145 Å². The van der Waals surface area contributed by atoms with E-state index in [1.807, 2.05) is 0 Å². The monoisotopic (exact) mass is 355 g/mol. The van der Waals surface area contributed by atoms with Crippen LogP contribution in [0.1, 0.15) is 33.1 Å². The number of hydrogen-bond donors (Lipinski definition) is 4. The van der Waals surface area contributed by atoms with Gasteiger partial charge < -0.3 is 20.4 Å². The number of aliphatic carboxylic acids is 1. The highest BCUT2D eigenvalue weighted by Gasteiger charge is 2.39. The zero-order valence-electron chi connectivity index (χ0n) is 14.3. The molecule has 0 spiro atoms. The van der Waals surface area contributed by atoms with Gasteiger partial charge in [0.05, 0.1) is 17.9 Å². The van der Waals surface area contributed by atoms with Gasteiger partial charge in [-0.05, 0) is 36.5 Å². The number of nitrogens with one attached hydrogen (secondary N) is 2. The van der Waals surface area contributed by atoms with Crippen LogP contribution >= 0.6 is 0 Å². The average molecular weight is 355 g/mol. The van der Waals surface area contributed by atoms with Gasteiger partial charge in [0.2, 0.25) is 0 Å². The lowest BCUT2D eigenvalue weighted by Gasteiger charge is -2.31. The second-order valence-electron chi connectivity index (χ2n) is 6.20. The van der Waals surface area contributed by atoms with Crippen LogP contribution in [0.3, 0.4) is 0 Å². The van der Waals surface area contributed by atoms with Gasteiger partial charge in [-0.25, -0.2) is 8.78 Å². The molecule has 0 aromatic heterocycles. The molecule has 1 heterocycles. The average Bonchev–Trinajstić information content (AvgIpc) is 2.93. The molecule has 0 amide bonds. The van der Waals surface area contributed by atoms with Crippen molar-refractivity contribution in [3.63, 3.8) is 0 Å². The first-order valence-corrected chi connectivity index (χ1v) is 8.24. The molecule has 0 aromatic carbocycles. The van der Waals surface area contributed by atoms with Crippen LogP contribution in [0, 0.1) is 0 Å². The van der Waals surface area contributed by atoms with E-state index in [4.69, 9.17) is 0 Å². The summed E-state index contributed by atoms with van der Waals surface area (Å²) in [5, 5.41) is 24.8. The lowest BCUT2D eigenvalue weighted by molar-refractivity contribution is -0.147. The molecule has 4 N–H and O–H groups in total. The molecule has 0 aromatic rings. The Morgan fingerprint density at radius 1 is 1.40 bits per heavy atom. The van der Waals surface area contributed by atoms with Crippen LogP contribution in [-0.4, -0.2) is 52.0 Å². The minimum atomic E-state index is -2.69. The molecule has 0 radical (unpaired) electrons. The van der Waals surface area contributed by atoms with Crippen molar-refractivity contribution in [3.8, 4) is 0 Å². The molecule has 1 atom stereocenters. The van der Waals surface area contributed by atoms with Crippen molar-refractivity contribution in [1.82, 2.24) is 15.5 Å². The molecule has 2 rings (SSSR count). The van der Waals surface area contributed by atoms with Gasteiger partial charge >= 0.3 is 5.97 Å². The highest BCUT2D eigenvalue weighted by atomic mass is 19.3. The van der Waals surface area contributed by atoms with E-state index in [1.54, 1.807) is 26.0 Å². The van der Waals surface area contributed by atoms with Crippen molar-refractivity contribution in [2.24, 2.45) is 0 Å². The summed E-state index contributed by atoms with van der Waals surface area (Å²) in [6.07, 6.45) is 2.30. The molecule has 6 nitrogen and oxygen atoms in total. The molecule has 1 aliphatic heterocycles. The topological polar surface area (TPSA) is 84.8 Å². The summed E-state index contributed by atoms with van der Waals surface area (Å²) in [4.78, 5) is 13.0. The first-order chi connectivity index (χ1) is 11.7. The number of halogens is 2. The number of aliphatic hydroxyl groups excluding tert-OH is 1. The molecule has 25 heavy (non-hydrogen) atoms. The standard InChI is InChI=1S/C17H23F2N3O3/c1-3-16(4-2,14(23)24)21-15(25)20-12-5-7-13(8-6-12)22-10-9-17(18,19)11-22/h5,7,15,20-21,25H,3-4,9-11H2,1-2H3,(H,23,24). The number of carboxylic acid groups (broad SMARTS) is 1. The highest BCUT2D eigenvalue weighted by Crippen LogP contribution is 2.29. The van der Waals surface area contributed by atoms with Crippen LogP contribution in [0.4, 0.5) is 8.78 Å². The zero-order valence-corrected chi connectivity index (χ0v) is 14.3. The number of likely N-dealkylation sites (tertiary alicyclic amines) is 1. The van der Waals surface area contributed by atoms with Crippen molar-refractivity contribution in [2.45, 2.75) is 50.9 Å². The Morgan fingerprint density at radius 2 is 2.08 bits per heavy atom. The molecule has 8 heteroatoms. The maximum Gasteiger partial charge on any atom is 0.324 e. The zero-order chi connectivity index (χ0) is 18.7. The molecule has 0 bridgehead atoms. The normalized spacial score (nSPS) is 20.3. The predicted octanol–water partition coefficient (Wildman–Crippen LogP) is 1.52. The Morgan fingerprint density at radius 3 is 2.52 bits per heavy atom. The molecule has 1 unspecified atom stereocenters. The van der Waals surface area contributed by atoms with Crippen molar-refractivity contribution >= 4 is 5.97 Å². The second kappa shape index (κ2) is 7.42. The minimum absolute atomic E-state index is 0.186. The number of carbonyl (C=O) groups is 1. The third kappa shape index (κ3) is 4.50. The SMILES string of the molecule is CCC(CC)(NC(O)NC1=C=C=C(N2CCC(F)(F)C2)C=C1)C(=O)O. The van der Waals surface area contributed by atoms with Gasteiger partial charge in [-0.3, -0.25) is 10.1 Å². The van der Waals surface area contributed by atoms with Crippen LogP contribution < -0.4 is 10.6 Å². The Balaban J connectivity index is 2.05. The quantitative estimate of drug-likeness (QED) is 0.390. The molecule has 138 valence electrons. The summed E-state index contributed by atoms with van der Waals surface area (Å²) in [7, 11) is 0. The molecule has 2 aliphatic rings. The number of aliphatic hydroxyl groups is 1. The number of carboxylic acids is 1. The highest BCUT2D eigenvalue weighted by molar-refractivity contribution is 5.78. The van der Waals surface area contributed by atoms with E-state index in [0.717, 1.165) is 0 Å². The van der Waals surface area contributed by atoms with Gasteiger partial charge in [0, 0.05) is 13.0 Å². The van der Waals surface area contributed by atoms with Crippen LogP contribution in [-0.2, 0) is 4.79 Å². The lowest BCUT2D eigenvalue weighted by Crippen LogP contribution is -2.59. The summed E-state index contributed by atoms with van der Waals surface area (Å²) in [6.45, 7) is 3.35. The van der Waals surface area contributed by atoms with Crippen molar-refractivity contribution in [2.75, 3.05) is 13.1 Å². The van der Waals surface area contributed by atoms with E-state index in [-0.39, 0.29) is 19.5 Å². The van der Waals surface area contributed by atoms with Crippen molar-refractivity contribution in [1.29, 1.82) is 0 Å². The van der Waals surface area contributed by atoms with Gasteiger partial charge in [0.1, 0.15) is 5.54 Å². The summed E-state index contributed by atoms with van der Waals surface area (Å²) < 4.78 is 26.5. The number of hydrogen-bond acceptors (Lipinski definition) is 5. The fourth-order valence-corrected chi connectivity index (χ4v) is 2.85. The van der Waals surface area contributed by atoms with Crippen molar-refractivity contribution < 1.29 is 23.8 Å². The number of rotatable bonds is 8. The van der Waals surface area contributed by atoms with E-state index in [9.17, 15) is 23.8 Å². The Kier molecular flexibility index (Phi) is 5.70. The second-order valence-corrected chi connectivity index (χ2v) is 6.20. The fraction of sp³-hybridized carbons (Fsp3) is 0.588. The van der Waals surface area contributed by atoms with Gasteiger partial charge in [-0.15, -0.1) is 0 Å². The van der Waals surface area contributed by atoms with Gasteiger partial charge in [0.15, 0.2) is 6.35 Å². The third-order valence-corrected chi connectivity index (χ3v) is 4.57. The summed E-state index contributed by atoms with van der Waals surface area (Å²) in [5.41, 5.74) is 5.18. The van der Waals surface area contributed by atoms with Crippen LogP contribution in [0.2, 0.25) is 0 Å². The van der Waals surface area contributed by atoms with E-state index < -0.39 is 23.8 Å². The first kappa shape index (κ1) is 19.2. The molecule has 0 saturated carbocycles. The number of nitrogens with zero attached hydrogens (tertiary/aromatic N) is 1. The maximum atomic E-state index is 13.3. The van der Waals surface area contributed by atoms with E-state index in [0.29, 0.717) is 24.2 Å². The van der Waals surface area contributed by atoms with Gasteiger partial charge in [0.25, 0.3) is 5.92 Å². The summed E-state index contributed by atoms with van der Waals surface area (Å²) >= 11 is 0. The minimum Gasteiger partial charge on any atom is -0.480 e. The lowest BCUT2D eigenvalue weighted by atomic mass is 9.93. The fourth-order valence-electron chi connectivity index (χ4n) is 2.85. The van der Waals surface area contributed by atoms with Gasteiger partial charge in [-0.1, -0.05) is 13.8 Å². The van der Waals surface area contributed by atoms with E-state index in [1.165, 1.54) is 4.90 Å². The Bertz CT molecular complexity index is 658. The van der Waals surface area contributed by atoms with E-state index in [2.05, 4.69) is 22.1 Å². The smallest absolute Gasteiger partial charge is 0.324 e. The molecular formula is C17H23F2N3O3. The van der Waals surface area contributed by atoms with Crippen LogP contribution in [0.15, 0.2) is 35.0 Å². The predicted molar refractivity (Wildman–Crippen MR) is 87.6 cm³/mol. The van der Waals surface area contributed by atoms with Crippen LogP contribution in [0.25, 0.3) is 0 Å². The van der Waals surface area contributed by atoms with E-state index >= 15 is 0 Å². The van der Waals surface area contributed by atoms with Crippen LogP contribution in [0.5, 0.6) is 0 Å². The third-order valence-electron chi connectivity index (χ3n) is 4.57. The van der Waals surface area contributed by atoms with Crippen molar-refractivity contribution in [3.05, 3.63) is 35.0 Å². The maximum absolute atomic E-state index is 13.3. The number of alkyl halides is 2. The Hall–Kier alpha value is -2.11. The summed E-state index contributed by atoms with van der Waals surface area (Å²) in [5.74, 6) is -3.73. The van der Waals surface area contributed by atoms with Gasteiger partial charge in [-0.2, -0.15) is 0 Å². The largest absolute Gasteiger partial charge is 0.480 e. The molecule has 1 fully saturated rings. The first-order valence-electron chi connectivity index (χ1n) is 8.24. The summed E-state index contributed by atoms with van der Waals surface area (Å²) in [6, 6.07) is 0. The molecule has 1 saturated heterocycles. The molecule has 1 aliphatic carbocycles. The number of allylic oxidation sites excluding steroid dienone is 2. The molecular weight excluding hydrogens is 332 g/mol.